The van der Waals surface area contributed by atoms with E-state index in [0.29, 0.717) is 12.5 Å². The van der Waals surface area contributed by atoms with Crippen LogP contribution in [0.4, 0.5) is 5.82 Å². The molecule has 0 spiro atoms. The Hall–Kier alpha value is -1.03. The number of nitrogens with two attached hydrogens (primary N) is 1. The van der Waals surface area contributed by atoms with Crippen molar-refractivity contribution in [3.63, 3.8) is 0 Å². The molecule has 1 rings (SSSR count). The molecule has 1 heterocycles. The van der Waals surface area contributed by atoms with Gasteiger partial charge in [-0.15, -0.1) is 0 Å². The quantitative estimate of drug-likeness (QED) is 0.756. The first-order chi connectivity index (χ1) is 5.88. The Balaban J connectivity index is 2.56. The molecule has 13 heavy (non-hydrogen) atoms. The van der Waals surface area contributed by atoms with Crippen LogP contribution in [-0.4, -0.2) is 15.4 Å². The molecule has 0 aliphatic rings. The van der Waals surface area contributed by atoms with Crippen LogP contribution in [0.1, 0.15) is 26.3 Å². The molecule has 0 radical (unpaired) electrons. The summed E-state index contributed by atoms with van der Waals surface area (Å²) in [6.07, 6.45) is 1.88. The predicted molar refractivity (Wildman–Crippen MR) is 52.2 cm³/mol. The number of hydrogen-bond donors (Lipinski definition) is 1. The number of aryl methyl sites for hydroxylation is 1. The van der Waals surface area contributed by atoms with Gasteiger partial charge < -0.3 is 10.5 Å². The van der Waals surface area contributed by atoms with Gasteiger partial charge in [0.25, 0.3) is 0 Å². The lowest BCUT2D eigenvalue weighted by molar-refractivity contribution is -0.0478. The lowest BCUT2D eigenvalue weighted by Crippen LogP contribution is -2.21. The number of anilines is 1. The van der Waals surface area contributed by atoms with Gasteiger partial charge in [-0.25, -0.2) is 4.68 Å². The van der Waals surface area contributed by atoms with Crippen LogP contribution in [0.2, 0.25) is 0 Å². The maximum Gasteiger partial charge on any atom is 0.148 e. The third-order valence-electron chi connectivity index (χ3n) is 1.61. The maximum atomic E-state index is 5.59. The topological polar surface area (TPSA) is 53.1 Å². The molecular weight excluding hydrogens is 166 g/mol. The first-order valence-corrected chi connectivity index (χ1v) is 4.32. The van der Waals surface area contributed by atoms with Gasteiger partial charge in [0, 0.05) is 11.8 Å². The molecule has 0 bridgehead atoms. The molecule has 0 saturated heterocycles. The second kappa shape index (κ2) is 3.38. The van der Waals surface area contributed by atoms with E-state index < -0.39 is 0 Å². The normalized spacial score (nSPS) is 12.0. The molecule has 0 aromatic carbocycles. The van der Waals surface area contributed by atoms with Crippen molar-refractivity contribution in [1.82, 2.24) is 9.78 Å². The van der Waals surface area contributed by atoms with Gasteiger partial charge in [0.1, 0.15) is 12.5 Å². The molecule has 4 nitrogen and oxygen atoms in total. The second-order valence-electron chi connectivity index (χ2n) is 4.12. The van der Waals surface area contributed by atoms with E-state index >= 15 is 0 Å². The average molecular weight is 183 g/mol. The van der Waals surface area contributed by atoms with Crippen LogP contribution in [0.25, 0.3) is 0 Å². The molecule has 74 valence electrons. The Morgan fingerprint density at radius 3 is 2.54 bits per heavy atom. The molecule has 2 N–H and O–H groups in total. The predicted octanol–water partition coefficient (Wildman–Crippen LogP) is 1.55. The van der Waals surface area contributed by atoms with Gasteiger partial charge in [0.2, 0.25) is 0 Å². The minimum Gasteiger partial charge on any atom is -0.382 e. The molecule has 0 amide bonds. The SMILES string of the molecule is Cc1cn(COC(C)(C)C)nc1N. The minimum atomic E-state index is -0.144. The Kier molecular flexibility index (Phi) is 2.61. The minimum absolute atomic E-state index is 0.144. The number of ether oxygens (including phenoxy) is 1. The number of aromatic nitrogens is 2. The third kappa shape index (κ3) is 3.06. The zero-order valence-corrected chi connectivity index (χ0v) is 8.66. The fraction of sp³-hybridized carbons (Fsp3) is 0.667. The Labute approximate surface area is 78.7 Å². The van der Waals surface area contributed by atoms with Crippen molar-refractivity contribution in [1.29, 1.82) is 0 Å². The maximum absolute atomic E-state index is 5.59. The van der Waals surface area contributed by atoms with Gasteiger partial charge in [-0.05, 0) is 27.7 Å². The Morgan fingerprint density at radius 2 is 2.15 bits per heavy atom. The first kappa shape index (κ1) is 10.1. The summed E-state index contributed by atoms with van der Waals surface area (Å²) in [6, 6.07) is 0. The van der Waals surface area contributed by atoms with Crippen LogP contribution < -0.4 is 5.73 Å². The van der Waals surface area contributed by atoms with Crippen molar-refractivity contribution in [2.45, 2.75) is 40.0 Å². The van der Waals surface area contributed by atoms with Crippen molar-refractivity contribution < 1.29 is 4.74 Å². The van der Waals surface area contributed by atoms with Crippen LogP contribution in [0.3, 0.4) is 0 Å². The van der Waals surface area contributed by atoms with Crippen LogP contribution in [0.5, 0.6) is 0 Å². The van der Waals surface area contributed by atoms with Crippen molar-refractivity contribution in [2.75, 3.05) is 5.73 Å². The molecular formula is C9H17N3O. The molecule has 0 saturated carbocycles. The molecule has 0 aliphatic heterocycles. The molecule has 0 unspecified atom stereocenters. The van der Waals surface area contributed by atoms with Crippen LogP contribution in [0.15, 0.2) is 6.20 Å². The van der Waals surface area contributed by atoms with Crippen molar-refractivity contribution >= 4 is 5.82 Å². The molecule has 1 aromatic rings. The van der Waals surface area contributed by atoms with E-state index in [1.54, 1.807) is 4.68 Å². The zero-order valence-electron chi connectivity index (χ0n) is 8.66. The van der Waals surface area contributed by atoms with Crippen molar-refractivity contribution in [2.24, 2.45) is 0 Å². The summed E-state index contributed by atoms with van der Waals surface area (Å²) in [6.45, 7) is 8.39. The van der Waals surface area contributed by atoms with Crippen LogP contribution in [0, 0.1) is 6.92 Å². The van der Waals surface area contributed by atoms with E-state index in [1.165, 1.54) is 0 Å². The summed E-state index contributed by atoms with van der Waals surface area (Å²) >= 11 is 0. The monoisotopic (exact) mass is 183 g/mol. The molecule has 0 fully saturated rings. The fourth-order valence-electron chi connectivity index (χ4n) is 0.862. The van der Waals surface area contributed by atoms with E-state index in [0.717, 1.165) is 5.56 Å². The van der Waals surface area contributed by atoms with E-state index in [4.69, 9.17) is 10.5 Å². The smallest absolute Gasteiger partial charge is 0.148 e. The fourth-order valence-corrected chi connectivity index (χ4v) is 0.862. The second-order valence-corrected chi connectivity index (χ2v) is 4.12. The Bertz CT molecular complexity index is 266. The zero-order chi connectivity index (χ0) is 10.1. The Morgan fingerprint density at radius 1 is 1.54 bits per heavy atom. The summed E-state index contributed by atoms with van der Waals surface area (Å²) in [5.74, 6) is 0.567. The number of rotatable bonds is 2. The largest absolute Gasteiger partial charge is 0.382 e. The lowest BCUT2D eigenvalue weighted by Gasteiger charge is -2.19. The third-order valence-corrected chi connectivity index (χ3v) is 1.61. The van der Waals surface area contributed by atoms with Gasteiger partial charge >= 0.3 is 0 Å². The highest BCUT2D eigenvalue weighted by Crippen LogP contribution is 2.10. The van der Waals surface area contributed by atoms with Crippen LogP contribution >= 0.6 is 0 Å². The summed E-state index contributed by atoms with van der Waals surface area (Å²) in [5.41, 5.74) is 6.43. The number of nitrogen functional groups attached to an aromatic ring is 1. The van der Waals surface area contributed by atoms with E-state index in [9.17, 15) is 0 Å². The summed E-state index contributed by atoms with van der Waals surface area (Å²) in [5, 5.41) is 4.08. The highest BCUT2D eigenvalue weighted by molar-refractivity contribution is 5.35. The van der Waals surface area contributed by atoms with E-state index in [2.05, 4.69) is 5.10 Å². The van der Waals surface area contributed by atoms with Crippen LogP contribution in [-0.2, 0) is 11.5 Å². The molecule has 1 aromatic heterocycles. The molecule has 4 heteroatoms. The number of nitrogens with zero attached hydrogens (tertiary/aromatic N) is 2. The van der Waals surface area contributed by atoms with Gasteiger partial charge in [0.05, 0.1) is 5.60 Å². The standard InChI is InChI=1S/C9H17N3O/c1-7-5-12(11-8(7)10)6-13-9(2,3)4/h5H,6H2,1-4H3,(H2,10,11). The van der Waals surface area contributed by atoms with Gasteiger partial charge in [-0.1, -0.05) is 0 Å². The lowest BCUT2D eigenvalue weighted by atomic mass is 10.2. The first-order valence-electron chi connectivity index (χ1n) is 4.32. The van der Waals surface area contributed by atoms with E-state index in [-0.39, 0.29) is 5.60 Å². The summed E-state index contributed by atoms with van der Waals surface area (Å²) in [4.78, 5) is 0. The van der Waals surface area contributed by atoms with Gasteiger partial charge in [-0.3, -0.25) is 0 Å². The van der Waals surface area contributed by atoms with Gasteiger partial charge in [-0.2, -0.15) is 5.10 Å². The molecule has 0 atom stereocenters. The average Bonchev–Trinajstić information content (AvgIpc) is 2.27. The van der Waals surface area contributed by atoms with Gasteiger partial charge in [0.15, 0.2) is 0 Å². The van der Waals surface area contributed by atoms with E-state index in [1.807, 2.05) is 33.9 Å². The highest BCUT2D eigenvalue weighted by atomic mass is 16.5. The number of hydrogen-bond acceptors (Lipinski definition) is 3. The van der Waals surface area contributed by atoms with Crippen molar-refractivity contribution in [3.8, 4) is 0 Å². The highest BCUT2D eigenvalue weighted by Gasteiger charge is 2.10. The summed E-state index contributed by atoms with van der Waals surface area (Å²) < 4.78 is 7.23. The summed E-state index contributed by atoms with van der Waals surface area (Å²) in [7, 11) is 0. The van der Waals surface area contributed by atoms with Crippen molar-refractivity contribution in [3.05, 3.63) is 11.8 Å². The molecule has 0 aliphatic carbocycles.